The Hall–Kier alpha value is -2.33. The van der Waals surface area contributed by atoms with E-state index in [1.54, 1.807) is 13.0 Å². The Labute approximate surface area is 170 Å². The third-order valence-corrected chi connectivity index (χ3v) is 5.29. The fourth-order valence-electron chi connectivity index (χ4n) is 2.21. The van der Waals surface area contributed by atoms with Crippen LogP contribution >= 0.6 is 23.5 Å². The molecule has 0 saturated carbocycles. The topological polar surface area (TPSA) is 92.8 Å². The summed E-state index contributed by atoms with van der Waals surface area (Å²) >= 11 is 1.84. The van der Waals surface area contributed by atoms with Gasteiger partial charge in [0.1, 0.15) is 5.82 Å². The maximum Gasteiger partial charge on any atom is 0.315 e. The van der Waals surface area contributed by atoms with Crippen molar-refractivity contribution in [2.45, 2.75) is 6.92 Å². The van der Waals surface area contributed by atoms with Crippen LogP contribution in [0.1, 0.15) is 12.5 Å². The van der Waals surface area contributed by atoms with Crippen LogP contribution in [0.2, 0.25) is 0 Å². The molecule has 1 heterocycles. The lowest BCUT2D eigenvalue weighted by molar-refractivity contribution is -0.139. The van der Waals surface area contributed by atoms with Gasteiger partial charge in [0.2, 0.25) is 5.91 Å². The smallest absolute Gasteiger partial charge is 0.315 e. The van der Waals surface area contributed by atoms with Crippen LogP contribution in [0.3, 0.4) is 0 Å². The van der Waals surface area contributed by atoms with Gasteiger partial charge in [-0.15, -0.1) is 11.8 Å². The van der Waals surface area contributed by atoms with Gasteiger partial charge in [0.05, 0.1) is 23.0 Å². The van der Waals surface area contributed by atoms with Crippen LogP contribution in [-0.4, -0.2) is 59.1 Å². The molecule has 150 valence electrons. The highest BCUT2D eigenvalue weighted by Crippen LogP contribution is 2.32. The molecular formula is C18H19FN2O5S2. The summed E-state index contributed by atoms with van der Waals surface area (Å²) < 4.78 is 18.5. The van der Waals surface area contributed by atoms with Crippen molar-refractivity contribution in [1.82, 2.24) is 10.2 Å². The maximum absolute atomic E-state index is 13.7. The zero-order valence-corrected chi connectivity index (χ0v) is 16.7. The van der Waals surface area contributed by atoms with E-state index in [9.17, 15) is 23.6 Å². The number of imide groups is 1. The largest absolute Gasteiger partial charge is 0.465 e. The van der Waals surface area contributed by atoms with Gasteiger partial charge in [-0.05, 0) is 30.8 Å². The highest BCUT2D eigenvalue weighted by molar-refractivity contribution is 8.18. The van der Waals surface area contributed by atoms with Crippen molar-refractivity contribution in [3.8, 4) is 0 Å². The second-order valence-electron chi connectivity index (χ2n) is 5.50. The van der Waals surface area contributed by atoms with E-state index in [-0.39, 0.29) is 53.5 Å². The van der Waals surface area contributed by atoms with Gasteiger partial charge >= 0.3 is 5.97 Å². The Morgan fingerprint density at radius 1 is 1.29 bits per heavy atom. The molecule has 1 aromatic carbocycles. The molecule has 10 heteroatoms. The minimum atomic E-state index is -0.524. The van der Waals surface area contributed by atoms with Crippen LogP contribution < -0.4 is 5.32 Å². The fourth-order valence-corrected chi connectivity index (χ4v) is 3.71. The predicted octanol–water partition coefficient (Wildman–Crippen LogP) is 2.27. The molecule has 0 unspecified atom stereocenters. The van der Waals surface area contributed by atoms with E-state index in [0.29, 0.717) is 0 Å². The number of rotatable bonds is 9. The highest BCUT2D eigenvalue weighted by Gasteiger charge is 2.34. The van der Waals surface area contributed by atoms with Gasteiger partial charge in [-0.25, -0.2) is 4.39 Å². The lowest BCUT2D eigenvalue weighted by Crippen LogP contribution is -2.37. The Morgan fingerprint density at radius 3 is 2.75 bits per heavy atom. The summed E-state index contributed by atoms with van der Waals surface area (Å²) in [5, 5.41) is 2.11. The van der Waals surface area contributed by atoms with E-state index >= 15 is 0 Å². The first-order chi connectivity index (χ1) is 13.4. The van der Waals surface area contributed by atoms with Crippen molar-refractivity contribution in [2.24, 2.45) is 0 Å². The van der Waals surface area contributed by atoms with Crippen LogP contribution in [0, 0.1) is 5.82 Å². The molecule has 0 aliphatic carbocycles. The first-order valence-electron chi connectivity index (χ1n) is 8.42. The Morgan fingerprint density at radius 2 is 2.04 bits per heavy atom. The molecule has 1 N–H and O–H groups in total. The van der Waals surface area contributed by atoms with E-state index < -0.39 is 17.0 Å². The number of carbonyl (C=O) groups is 4. The second-order valence-corrected chi connectivity index (χ2v) is 7.48. The SMILES string of the molecule is CCOC(=O)CSCC(=O)NCCN1C(=O)S/C(=C\c2ccccc2F)C1=O. The van der Waals surface area contributed by atoms with Crippen LogP contribution in [0.15, 0.2) is 29.2 Å². The molecule has 0 spiro atoms. The summed E-state index contributed by atoms with van der Waals surface area (Å²) in [6.45, 7) is 2.08. The summed E-state index contributed by atoms with van der Waals surface area (Å²) in [5.41, 5.74) is 0.222. The lowest BCUT2D eigenvalue weighted by Gasteiger charge is -2.12. The second kappa shape index (κ2) is 10.9. The first-order valence-corrected chi connectivity index (χ1v) is 10.4. The van der Waals surface area contributed by atoms with E-state index in [0.717, 1.165) is 28.4 Å². The van der Waals surface area contributed by atoms with Gasteiger partial charge in [-0.2, -0.15) is 0 Å². The minimum absolute atomic E-state index is 0.00750. The van der Waals surface area contributed by atoms with Crippen molar-refractivity contribution >= 4 is 52.6 Å². The average Bonchev–Trinajstić information content (AvgIpc) is 2.91. The van der Waals surface area contributed by atoms with E-state index in [1.165, 1.54) is 24.3 Å². The van der Waals surface area contributed by atoms with Crippen LogP contribution in [0.25, 0.3) is 6.08 Å². The number of halogens is 1. The van der Waals surface area contributed by atoms with Gasteiger partial charge in [-0.1, -0.05) is 18.2 Å². The number of hydrogen-bond acceptors (Lipinski definition) is 7. The molecule has 1 fully saturated rings. The molecule has 0 radical (unpaired) electrons. The third kappa shape index (κ3) is 6.38. The van der Waals surface area contributed by atoms with Crippen molar-refractivity contribution < 1.29 is 28.3 Å². The number of carbonyl (C=O) groups excluding carboxylic acids is 4. The minimum Gasteiger partial charge on any atom is -0.465 e. The summed E-state index contributed by atoms with van der Waals surface area (Å²) in [5.74, 6) is -1.58. The number of ether oxygens (including phenoxy) is 1. The van der Waals surface area contributed by atoms with Crippen molar-refractivity contribution in [1.29, 1.82) is 0 Å². The Kier molecular flexibility index (Phi) is 8.52. The monoisotopic (exact) mass is 426 g/mol. The van der Waals surface area contributed by atoms with E-state index in [4.69, 9.17) is 4.74 Å². The number of esters is 1. The fraction of sp³-hybridized carbons (Fsp3) is 0.333. The molecule has 3 amide bonds. The normalized spacial score (nSPS) is 15.2. The van der Waals surface area contributed by atoms with Crippen LogP contribution in [-0.2, 0) is 19.1 Å². The Balaban J connectivity index is 1.79. The highest BCUT2D eigenvalue weighted by atomic mass is 32.2. The van der Waals surface area contributed by atoms with Gasteiger partial charge in [-0.3, -0.25) is 24.1 Å². The molecule has 1 aliphatic heterocycles. The molecule has 0 atom stereocenters. The first kappa shape index (κ1) is 22.0. The zero-order chi connectivity index (χ0) is 20.5. The quantitative estimate of drug-likeness (QED) is 0.478. The van der Waals surface area contributed by atoms with Crippen molar-refractivity contribution in [3.05, 3.63) is 40.6 Å². The number of thioether (sulfide) groups is 2. The standard InChI is InChI=1S/C18H19FN2O5S2/c1-2-26-16(23)11-27-10-15(22)20-7-8-21-17(24)14(28-18(21)25)9-12-5-3-4-6-13(12)19/h3-6,9H,2,7-8,10-11H2,1H3,(H,20,22)/b14-9-. The molecule has 1 aliphatic rings. The molecule has 0 bridgehead atoms. The number of amides is 3. The van der Waals surface area contributed by atoms with Crippen molar-refractivity contribution in [2.75, 3.05) is 31.2 Å². The molecule has 28 heavy (non-hydrogen) atoms. The predicted molar refractivity (Wildman–Crippen MR) is 106 cm³/mol. The Bertz CT molecular complexity index is 800. The van der Waals surface area contributed by atoms with Gasteiger partial charge in [0, 0.05) is 18.7 Å². The number of nitrogens with zero attached hydrogens (tertiary/aromatic N) is 1. The van der Waals surface area contributed by atoms with Crippen LogP contribution in [0.5, 0.6) is 0 Å². The lowest BCUT2D eigenvalue weighted by atomic mass is 10.2. The average molecular weight is 426 g/mol. The van der Waals surface area contributed by atoms with Crippen molar-refractivity contribution in [3.63, 3.8) is 0 Å². The summed E-state index contributed by atoms with van der Waals surface area (Å²) in [7, 11) is 0. The van der Waals surface area contributed by atoms with E-state index in [1.807, 2.05) is 0 Å². The number of hydrogen-bond donors (Lipinski definition) is 1. The summed E-state index contributed by atoms with van der Waals surface area (Å²) in [6.07, 6.45) is 1.34. The zero-order valence-electron chi connectivity index (χ0n) is 15.1. The van der Waals surface area contributed by atoms with Gasteiger partial charge < -0.3 is 10.1 Å². The molecule has 0 aromatic heterocycles. The molecular weight excluding hydrogens is 407 g/mol. The molecule has 1 saturated heterocycles. The molecule has 2 rings (SSSR count). The summed E-state index contributed by atoms with van der Waals surface area (Å²) in [6, 6.07) is 5.95. The maximum atomic E-state index is 13.7. The third-order valence-electron chi connectivity index (χ3n) is 3.48. The summed E-state index contributed by atoms with van der Waals surface area (Å²) in [4.78, 5) is 48.4. The van der Waals surface area contributed by atoms with Gasteiger partial charge in [0.15, 0.2) is 0 Å². The van der Waals surface area contributed by atoms with E-state index in [2.05, 4.69) is 5.32 Å². The van der Waals surface area contributed by atoms with Crippen LogP contribution in [0.4, 0.5) is 9.18 Å². The number of nitrogens with one attached hydrogen (secondary N) is 1. The van der Waals surface area contributed by atoms with Gasteiger partial charge in [0.25, 0.3) is 11.1 Å². The number of benzene rings is 1. The molecule has 7 nitrogen and oxygen atoms in total. The molecule has 1 aromatic rings.